The van der Waals surface area contributed by atoms with Gasteiger partial charge in [-0.2, -0.15) is 0 Å². The molecule has 2 nitrogen and oxygen atoms in total. The van der Waals surface area contributed by atoms with Crippen LogP contribution < -0.4 is 0 Å². The number of nitrogens with zero attached hydrogens (tertiary/aromatic N) is 1. The zero-order valence-corrected chi connectivity index (χ0v) is 12.8. The highest BCUT2D eigenvalue weighted by atomic mass is 79.9. The minimum atomic E-state index is 1.12. The van der Waals surface area contributed by atoms with Crippen molar-refractivity contribution in [1.82, 2.24) is 9.88 Å². The van der Waals surface area contributed by atoms with Crippen molar-refractivity contribution in [3.8, 4) is 0 Å². The quantitative estimate of drug-likeness (QED) is 0.847. The van der Waals surface area contributed by atoms with Crippen LogP contribution in [0.15, 0.2) is 28.9 Å². The molecule has 2 rings (SSSR count). The fourth-order valence-electron chi connectivity index (χ4n) is 2.38. The van der Waals surface area contributed by atoms with E-state index in [0.29, 0.717) is 0 Å². The molecule has 0 saturated heterocycles. The van der Waals surface area contributed by atoms with Gasteiger partial charge in [0.1, 0.15) is 0 Å². The molecule has 0 aliphatic heterocycles. The zero-order valence-electron chi connectivity index (χ0n) is 11.2. The maximum atomic E-state index is 3.55. The van der Waals surface area contributed by atoms with Crippen LogP contribution in [0.5, 0.6) is 0 Å². The second-order valence-electron chi connectivity index (χ2n) is 4.69. The Kier molecular flexibility index (Phi) is 4.84. The Hall–Kier alpha value is -0.800. The van der Waals surface area contributed by atoms with Crippen LogP contribution in [0.25, 0.3) is 10.9 Å². The molecule has 18 heavy (non-hydrogen) atoms. The van der Waals surface area contributed by atoms with E-state index >= 15 is 0 Å². The van der Waals surface area contributed by atoms with Crippen molar-refractivity contribution in [1.29, 1.82) is 0 Å². The Morgan fingerprint density at radius 3 is 2.78 bits per heavy atom. The lowest BCUT2D eigenvalue weighted by Crippen LogP contribution is -2.26. The van der Waals surface area contributed by atoms with E-state index in [1.165, 1.54) is 29.4 Å². The van der Waals surface area contributed by atoms with Gasteiger partial charge in [0.05, 0.1) is 0 Å². The number of likely N-dealkylation sites (N-methyl/N-ethyl adjacent to an activating group) is 1. The number of hydrogen-bond donors (Lipinski definition) is 1. The number of fused-ring (bicyclic) bond motifs is 1. The Labute approximate surface area is 118 Å². The SMILES string of the molecule is CCCN(CC)CCc1c[nH]c2ccc(Br)cc12. The fourth-order valence-corrected chi connectivity index (χ4v) is 2.74. The van der Waals surface area contributed by atoms with Crippen LogP contribution in [0, 0.1) is 0 Å². The van der Waals surface area contributed by atoms with Crippen molar-refractivity contribution in [2.45, 2.75) is 26.7 Å². The van der Waals surface area contributed by atoms with Gasteiger partial charge in [0.2, 0.25) is 0 Å². The number of H-pyrrole nitrogens is 1. The third kappa shape index (κ3) is 3.15. The van der Waals surface area contributed by atoms with Crippen molar-refractivity contribution < 1.29 is 0 Å². The molecule has 0 spiro atoms. The number of aromatic nitrogens is 1. The molecule has 0 radical (unpaired) electrons. The normalized spacial score (nSPS) is 11.6. The van der Waals surface area contributed by atoms with Gasteiger partial charge in [-0.3, -0.25) is 0 Å². The van der Waals surface area contributed by atoms with Crippen LogP contribution >= 0.6 is 15.9 Å². The predicted octanol–water partition coefficient (Wildman–Crippen LogP) is 4.20. The molecular weight excluding hydrogens is 288 g/mol. The van der Waals surface area contributed by atoms with Crippen LogP contribution in [0.2, 0.25) is 0 Å². The molecule has 0 unspecified atom stereocenters. The molecule has 1 heterocycles. The number of aromatic amines is 1. The van der Waals surface area contributed by atoms with E-state index in [2.05, 4.69) is 64.1 Å². The van der Waals surface area contributed by atoms with Crippen molar-refractivity contribution in [2.75, 3.05) is 19.6 Å². The summed E-state index contributed by atoms with van der Waals surface area (Å²) >= 11 is 3.55. The highest BCUT2D eigenvalue weighted by molar-refractivity contribution is 9.10. The van der Waals surface area contributed by atoms with Gasteiger partial charge in [0.15, 0.2) is 0 Å². The third-order valence-corrected chi connectivity index (χ3v) is 3.91. The standard InChI is InChI=1S/C15H21BrN2/c1-3-8-18(4-2)9-7-12-11-17-15-6-5-13(16)10-14(12)15/h5-6,10-11,17H,3-4,7-9H2,1-2H3. The van der Waals surface area contributed by atoms with Gasteiger partial charge in [-0.1, -0.05) is 29.8 Å². The minimum Gasteiger partial charge on any atom is -0.361 e. The fraction of sp³-hybridized carbons (Fsp3) is 0.467. The van der Waals surface area contributed by atoms with Crippen molar-refractivity contribution in [3.05, 3.63) is 34.4 Å². The average Bonchev–Trinajstić information content (AvgIpc) is 2.77. The smallest absolute Gasteiger partial charge is 0.0457 e. The maximum Gasteiger partial charge on any atom is 0.0457 e. The lowest BCUT2D eigenvalue weighted by atomic mass is 10.1. The second-order valence-corrected chi connectivity index (χ2v) is 5.60. The number of halogens is 1. The molecule has 1 aromatic heterocycles. The molecule has 0 bridgehead atoms. The maximum absolute atomic E-state index is 3.55. The number of rotatable bonds is 6. The molecule has 3 heteroatoms. The summed E-state index contributed by atoms with van der Waals surface area (Å²) in [6, 6.07) is 6.42. The van der Waals surface area contributed by atoms with E-state index in [1.54, 1.807) is 0 Å². The predicted molar refractivity (Wildman–Crippen MR) is 82.1 cm³/mol. The molecule has 1 aromatic carbocycles. The highest BCUT2D eigenvalue weighted by Gasteiger charge is 2.06. The van der Waals surface area contributed by atoms with E-state index in [9.17, 15) is 0 Å². The Morgan fingerprint density at radius 1 is 1.22 bits per heavy atom. The number of hydrogen-bond acceptors (Lipinski definition) is 1. The van der Waals surface area contributed by atoms with Gasteiger partial charge in [-0.15, -0.1) is 0 Å². The Bertz CT molecular complexity index is 504. The van der Waals surface area contributed by atoms with E-state index in [1.807, 2.05) is 0 Å². The van der Waals surface area contributed by atoms with Crippen LogP contribution in [-0.2, 0) is 6.42 Å². The van der Waals surface area contributed by atoms with Crippen LogP contribution in [0.3, 0.4) is 0 Å². The molecule has 1 N–H and O–H groups in total. The monoisotopic (exact) mass is 308 g/mol. The van der Waals surface area contributed by atoms with Crippen molar-refractivity contribution in [2.24, 2.45) is 0 Å². The molecule has 0 fully saturated rings. The van der Waals surface area contributed by atoms with Gasteiger partial charge in [0, 0.05) is 28.1 Å². The second kappa shape index (κ2) is 6.39. The largest absolute Gasteiger partial charge is 0.361 e. The van der Waals surface area contributed by atoms with E-state index < -0.39 is 0 Å². The van der Waals surface area contributed by atoms with E-state index in [-0.39, 0.29) is 0 Å². The highest BCUT2D eigenvalue weighted by Crippen LogP contribution is 2.23. The lowest BCUT2D eigenvalue weighted by Gasteiger charge is -2.18. The summed E-state index contributed by atoms with van der Waals surface area (Å²) in [7, 11) is 0. The van der Waals surface area contributed by atoms with Crippen LogP contribution in [-0.4, -0.2) is 29.5 Å². The first-order valence-corrected chi connectivity index (χ1v) is 7.51. The van der Waals surface area contributed by atoms with Crippen molar-refractivity contribution >= 4 is 26.8 Å². The summed E-state index contributed by atoms with van der Waals surface area (Å²) in [4.78, 5) is 5.86. The third-order valence-electron chi connectivity index (χ3n) is 3.41. The molecule has 0 saturated carbocycles. The van der Waals surface area contributed by atoms with Gasteiger partial charge < -0.3 is 9.88 Å². The van der Waals surface area contributed by atoms with Gasteiger partial charge >= 0.3 is 0 Å². The molecule has 0 aliphatic rings. The van der Waals surface area contributed by atoms with E-state index in [0.717, 1.165) is 24.0 Å². The van der Waals surface area contributed by atoms with Gasteiger partial charge in [-0.05, 0) is 49.7 Å². The summed E-state index contributed by atoms with van der Waals surface area (Å²) in [6.07, 6.45) is 4.49. The van der Waals surface area contributed by atoms with Crippen LogP contribution in [0.4, 0.5) is 0 Å². The summed E-state index contributed by atoms with van der Waals surface area (Å²) in [5, 5.41) is 1.34. The summed E-state index contributed by atoms with van der Waals surface area (Å²) in [6.45, 7) is 7.96. The molecule has 2 aromatic rings. The summed E-state index contributed by atoms with van der Waals surface area (Å²) < 4.78 is 1.15. The topological polar surface area (TPSA) is 19.0 Å². The van der Waals surface area contributed by atoms with Gasteiger partial charge in [-0.25, -0.2) is 0 Å². The Morgan fingerprint density at radius 2 is 2.06 bits per heavy atom. The molecular formula is C15H21BrN2. The molecule has 0 atom stereocenters. The minimum absolute atomic E-state index is 1.12. The van der Waals surface area contributed by atoms with Crippen LogP contribution in [0.1, 0.15) is 25.8 Å². The Balaban J connectivity index is 2.09. The van der Waals surface area contributed by atoms with Crippen molar-refractivity contribution in [3.63, 3.8) is 0 Å². The first-order chi connectivity index (χ1) is 8.74. The number of nitrogens with one attached hydrogen (secondary N) is 1. The summed E-state index contributed by atoms with van der Waals surface area (Å²) in [5.41, 5.74) is 2.65. The molecule has 98 valence electrons. The molecule has 0 amide bonds. The lowest BCUT2D eigenvalue weighted by molar-refractivity contribution is 0.293. The average molecular weight is 309 g/mol. The first-order valence-electron chi connectivity index (χ1n) is 6.72. The zero-order chi connectivity index (χ0) is 13.0. The number of benzene rings is 1. The summed E-state index contributed by atoms with van der Waals surface area (Å²) in [5.74, 6) is 0. The van der Waals surface area contributed by atoms with Gasteiger partial charge in [0.25, 0.3) is 0 Å². The molecule has 0 aliphatic carbocycles. The first kappa shape index (κ1) is 13.6. The van der Waals surface area contributed by atoms with E-state index in [4.69, 9.17) is 0 Å².